The van der Waals surface area contributed by atoms with E-state index in [0.717, 1.165) is 5.69 Å². The van der Waals surface area contributed by atoms with Crippen molar-refractivity contribution in [3.8, 4) is 5.75 Å². The highest BCUT2D eigenvalue weighted by molar-refractivity contribution is 9.10. The maximum absolute atomic E-state index is 14.0. The Balaban J connectivity index is 1.72. The highest BCUT2D eigenvalue weighted by atomic mass is 79.9. The Hall–Kier alpha value is -2.16. The normalized spacial score (nSPS) is 10.5. The number of rotatable bonds is 5. The smallest absolute Gasteiger partial charge is 0.176 e. The Kier molecular flexibility index (Phi) is 6.30. The summed E-state index contributed by atoms with van der Waals surface area (Å²) in [7, 11) is 1.59. The minimum Gasteiger partial charge on any atom is -0.495 e. The lowest BCUT2D eigenvalue weighted by molar-refractivity contribution is 0.417. The van der Waals surface area contributed by atoms with Crippen molar-refractivity contribution in [2.75, 3.05) is 17.7 Å². The molecule has 1 aromatic heterocycles. The van der Waals surface area contributed by atoms with Crippen molar-refractivity contribution in [2.45, 2.75) is 6.54 Å². The Morgan fingerprint density at radius 3 is 2.78 bits per heavy atom. The average molecular weight is 470 g/mol. The van der Waals surface area contributed by atoms with Crippen LogP contribution in [0.4, 0.5) is 15.9 Å². The third-order valence-electron chi connectivity index (χ3n) is 3.69. The van der Waals surface area contributed by atoms with Gasteiger partial charge in [-0.25, -0.2) is 4.39 Å². The van der Waals surface area contributed by atoms with Gasteiger partial charge in [-0.15, -0.1) is 0 Å². The zero-order valence-electron chi connectivity index (χ0n) is 14.2. The molecule has 140 valence electrons. The molecule has 0 aliphatic rings. The molecule has 0 aliphatic carbocycles. The summed E-state index contributed by atoms with van der Waals surface area (Å²) in [6.45, 7) is 0.193. The van der Waals surface area contributed by atoms with Gasteiger partial charge in [-0.05, 0) is 52.4 Å². The van der Waals surface area contributed by atoms with Gasteiger partial charge in [0.25, 0.3) is 0 Å². The molecule has 3 rings (SSSR count). The molecule has 5 nitrogen and oxygen atoms in total. The molecule has 0 unspecified atom stereocenters. The average Bonchev–Trinajstić information content (AvgIpc) is 2.98. The van der Waals surface area contributed by atoms with Gasteiger partial charge in [-0.3, -0.25) is 4.68 Å². The fourth-order valence-corrected chi connectivity index (χ4v) is 3.26. The molecule has 27 heavy (non-hydrogen) atoms. The van der Waals surface area contributed by atoms with Crippen molar-refractivity contribution >= 4 is 56.4 Å². The maximum Gasteiger partial charge on any atom is 0.176 e. The number of hydrogen-bond donors (Lipinski definition) is 2. The monoisotopic (exact) mass is 468 g/mol. The summed E-state index contributed by atoms with van der Waals surface area (Å²) >= 11 is 14.8. The summed E-state index contributed by atoms with van der Waals surface area (Å²) in [6.07, 6.45) is 1.72. The third kappa shape index (κ3) is 4.77. The molecule has 0 amide bonds. The van der Waals surface area contributed by atoms with E-state index in [1.54, 1.807) is 30.1 Å². The lowest BCUT2D eigenvalue weighted by Crippen LogP contribution is -2.20. The number of aromatic nitrogens is 2. The second kappa shape index (κ2) is 8.69. The summed E-state index contributed by atoms with van der Waals surface area (Å²) in [5.41, 5.74) is 1.10. The van der Waals surface area contributed by atoms with Gasteiger partial charge in [0.2, 0.25) is 0 Å². The van der Waals surface area contributed by atoms with Crippen LogP contribution in [0.1, 0.15) is 5.56 Å². The zero-order valence-corrected chi connectivity index (χ0v) is 17.3. The summed E-state index contributed by atoms with van der Waals surface area (Å²) in [6, 6.07) is 12.0. The van der Waals surface area contributed by atoms with Gasteiger partial charge in [0.1, 0.15) is 11.6 Å². The van der Waals surface area contributed by atoms with E-state index >= 15 is 0 Å². The molecule has 0 fully saturated rings. The fourth-order valence-electron chi connectivity index (χ4n) is 2.42. The molecule has 0 radical (unpaired) electrons. The van der Waals surface area contributed by atoms with Crippen molar-refractivity contribution in [1.82, 2.24) is 9.78 Å². The first-order valence-electron chi connectivity index (χ1n) is 7.85. The molecule has 0 spiro atoms. The van der Waals surface area contributed by atoms with Gasteiger partial charge in [-0.1, -0.05) is 29.8 Å². The molecule has 9 heteroatoms. The van der Waals surface area contributed by atoms with Crippen LogP contribution in [0.2, 0.25) is 5.02 Å². The van der Waals surface area contributed by atoms with Crippen molar-refractivity contribution in [1.29, 1.82) is 0 Å². The Labute approximate surface area is 174 Å². The Bertz CT molecular complexity index is 961. The SMILES string of the molecule is COc1ccccc1NC(=S)Nc1nn(Cc2c(F)cccc2Cl)cc1Br. The van der Waals surface area contributed by atoms with Gasteiger partial charge in [0.15, 0.2) is 10.9 Å². The molecule has 1 heterocycles. The number of para-hydroxylation sites is 2. The molecule has 2 N–H and O–H groups in total. The van der Waals surface area contributed by atoms with E-state index in [1.165, 1.54) is 6.07 Å². The molecule has 0 atom stereocenters. The predicted molar refractivity (Wildman–Crippen MR) is 113 cm³/mol. The number of benzene rings is 2. The number of ether oxygens (including phenoxy) is 1. The molecule has 0 bridgehead atoms. The first-order chi connectivity index (χ1) is 13.0. The second-order valence-electron chi connectivity index (χ2n) is 5.50. The standard InChI is InChI=1S/C18H15BrClFN4OS/c1-26-16-8-3-2-7-15(16)22-18(27)23-17-12(19)10-25(24-17)9-11-13(20)5-4-6-14(11)21/h2-8,10H,9H2,1H3,(H2,22,23,24,27). The van der Waals surface area contributed by atoms with Crippen LogP contribution in [0.5, 0.6) is 5.75 Å². The molecular formula is C18H15BrClFN4OS. The number of halogens is 3. The van der Waals surface area contributed by atoms with E-state index in [2.05, 4.69) is 31.7 Å². The van der Waals surface area contributed by atoms with Crippen LogP contribution in [0, 0.1) is 5.82 Å². The van der Waals surface area contributed by atoms with Crippen molar-refractivity contribution in [2.24, 2.45) is 0 Å². The summed E-state index contributed by atoms with van der Waals surface area (Å²) in [5, 5.41) is 11.1. The van der Waals surface area contributed by atoms with Crippen LogP contribution in [0.15, 0.2) is 53.1 Å². The highest BCUT2D eigenvalue weighted by Crippen LogP contribution is 2.26. The fraction of sp³-hybridized carbons (Fsp3) is 0.111. The third-order valence-corrected chi connectivity index (χ3v) is 4.82. The van der Waals surface area contributed by atoms with E-state index in [0.29, 0.717) is 31.7 Å². The summed E-state index contributed by atoms with van der Waals surface area (Å²) in [4.78, 5) is 0. The van der Waals surface area contributed by atoms with Crippen LogP contribution in [0.25, 0.3) is 0 Å². The molecule has 3 aromatic rings. The molecule has 2 aromatic carbocycles. The van der Waals surface area contributed by atoms with Crippen LogP contribution >= 0.6 is 39.7 Å². The van der Waals surface area contributed by atoms with Gasteiger partial charge in [-0.2, -0.15) is 5.10 Å². The number of thiocarbonyl (C=S) groups is 1. The number of anilines is 2. The number of methoxy groups -OCH3 is 1. The quantitative estimate of drug-likeness (QED) is 0.496. The van der Waals surface area contributed by atoms with Gasteiger partial charge < -0.3 is 15.4 Å². The van der Waals surface area contributed by atoms with Crippen molar-refractivity contribution in [3.05, 3.63) is 69.5 Å². The molecule has 0 saturated carbocycles. The molecule has 0 saturated heterocycles. The van der Waals surface area contributed by atoms with E-state index in [-0.39, 0.29) is 12.4 Å². The van der Waals surface area contributed by atoms with E-state index in [1.807, 2.05) is 24.3 Å². The van der Waals surface area contributed by atoms with Crippen molar-refractivity contribution < 1.29 is 9.13 Å². The maximum atomic E-state index is 14.0. The van der Waals surface area contributed by atoms with Gasteiger partial charge in [0, 0.05) is 16.8 Å². The van der Waals surface area contributed by atoms with Crippen LogP contribution in [-0.2, 0) is 6.54 Å². The number of hydrogen-bond acceptors (Lipinski definition) is 3. The summed E-state index contributed by atoms with van der Waals surface area (Å²) < 4.78 is 21.5. The van der Waals surface area contributed by atoms with E-state index in [4.69, 9.17) is 28.6 Å². The predicted octanol–water partition coefficient (Wildman–Crippen LogP) is 5.30. The van der Waals surface area contributed by atoms with Crippen molar-refractivity contribution in [3.63, 3.8) is 0 Å². The second-order valence-corrected chi connectivity index (χ2v) is 7.17. The Morgan fingerprint density at radius 1 is 1.26 bits per heavy atom. The molecule has 0 aliphatic heterocycles. The summed E-state index contributed by atoms with van der Waals surface area (Å²) in [5.74, 6) is 0.785. The number of nitrogens with one attached hydrogen (secondary N) is 2. The first kappa shape index (κ1) is 19.6. The lowest BCUT2D eigenvalue weighted by atomic mass is 10.2. The highest BCUT2D eigenvalue weighted by Gasteiger charge is 2.13. The van der Waals surface area contributed by atoms with Crippen LogP contribution in [0.3, 0.4) is 0 Å². The van der Waals surface area contributed by atoms with E-state index in [9.17, 15) is 4.39 Å². The lowest BCUT2D eigenvalue weighted by Gasteiger charge is -2.12. The van der Waals surface area contributed by atoms with Crippen LogP contribution in [-0.4, -0.2) is 22.0 Å². The van der Waals surface area contributed by atoms with E-state index < -0.39 is 0 Å². The largest absolute Gasteiger partial charge is 0.495 e. The van der Waals surface area contributed by atoms with Gasteiger partial charge >= 0.3 is 0 Å². The first-order valence-corrected chi connectivity index (χ1v) is 9.42. The topological polar surface area (TPSA) is 51.1 Å². The minimum atomic E-state index is -0.378. The van der Waals surface area contributed by atoms with Crippen LogP contribution < -0.4 is 15.4 Å². The molecular weight excluding hydrogens is 455 g/mol. The number of nitrogens with zero attached hydrogens (tertiary/aromatic N) is 2. The minimum absolute atomic E-state index is 0.193. The van der Waals surface area contributed by atoms with Gasteiger partial charge in [0.05, 0.1) is 23.8 Å². The Morgan fingerprint density at radius 2 is 2.04 bits per heavy atom. The zero-order chi connectivity index (χ0) is 19.4.